The lowest BCUT2D eigenvalue weighted by Gasteiger charge is -2.40. The zero-order valence-electron chi connectivity index (χ0n) is 13.2. The summed E-state index contributed by atoms with van der Waals surface area (Å²) in [6, 6.07) is 2.76. The molecule has 2 bridgehead atoms. The number of aldehydes is 1. The maximum absolute atomic E-state index is 14.2. The fourth-order valence-corrected chi connectivity index (χ4v) is 3.57. The van der Waals surface area contributed by atoms with Crippen LogP contribution in [0.4, 0.5) is 14.9 Å². The third-order valence-corrected chi connectivity index (χ3v) is 4.62. The van der Waals surface area contributed by atoms with Gasteiger partial charge in [-0.15, -0.1) is 0 Å². The Labute approximate surface area is 139 Å². The van der Waals surface area contributed by atoms with Crippen LogP contribution in [0.15, 0.2) is 24.8 Å². The predicted molar refractivity (Wildman–Crippen MR) is 86.4 cm³/mol. The number of carboxylic acid groups (broad SMARTS) is 1. The molecule has 1 amide bonds. The first kappa shape index (κ1) is 16.3. The van der Waals surface area contributed by atoms with E-state index < -0.39 is 11.9 Å². The van der Waals surface area contributed by atoms with Gasteiger partial charge in [0.05, 0.1) is 17.6 Å². The van der Waals surface area contributed by atoms with E-state index in [1.54, 1.807) is 6.07 Å². The zero-order chi connectivity index (χ0) is 17.3. The Bertz CT molecular complexity index is 665. The maximum Gasteiger partial charge on any atom is 0.407 e. The third-order valence-electron chi connectivity index (χ3n) is 4.62. The third kappa shape index (κ3) is 2.81. The van der Waals surface area contributed by atoms with Crippen LogP contribution < -0.4 is 9.64 Å². The van der Waals surface area contributed by atoms with Crippen molar-refractivity contribution in [3.63, 3.8) is 0 Å². The topological polar surface area (TPSA) is 70.1 Å². The summed E-state index contributed by atoms with van der Waals surface area (Å²) in [6.45, 7) is 4.72. The van der Waals surface area contributed by atoms with Gasteiger partial charge in [0.15, 0.2) is 6.29 Å². The van der Waals surface area contributed by atoms with E-state index in [1.165, 1.54) is 17.0 Å². The van der Waals surface area contributed by atoms with E-state index >= 15 is 0 Å². The Hall–Kier alpha value is -2.57. The number of piperazine rings is 1. The molecule has 7 heteroatoms. The lowest BCUT2D eigenvalue weighted by atomic mass is 10.1. The lowest BCUT2D eigenvalue weighted by molar-refractivity contribution is 0.111. The van der Waals surface area contributed by atoms with Crippen molar-refractivity contribution in [3.8, 4) is 5.75 Å². The molecule has 0 aromatic heterocycles. The summed E-state index contributed by atoms with van der Waals surface area (Å²) < 4.78 is 19.6. The average Bonchev–Trinajstić information content (AvgIpc) is 2.83. The summed E-state index contributed by atoms with van der Waals surface area (Å²) in [5.41, 5.74) is 0.479. The maximum atomic E-state index is 14.2. The summed E-state index contributed by atoms with van der Waals surface area (Å²) in [4.78, 5) is 25.9. The highest BCUT2D eigenvalue weighted by atomic mass is 19.1. The van der Waals surface area contributed by atoms with Crippen LogP contribution in [0, 0.1) is 5.82 Å². The molecule has 2 unspecified atom stereocenters. The molecule has 1 N–H and O–H groups in total. The minimum absolute atomic E-state index is 0.0902. The molecular weight excluding hydrogens is 315 g/mol. The van der Waals surface area contributed by atoms with Crippen LogP contribution in [-0.4, -0.2) is 54.2 Å². The van der Waals surface area contributed by atoms with Gasteiger partial charge in [-0.1, -0.05) is 12.7 Å². The summed E-state index contributed by atoms with van der Waals surface area (Å²) in [6.07, 6.45) is 2.67. The molecular formula is C17H19FN2O4. The molecule has 0 radical (unpaired) electrons. The largest absolute Gasteiger partial charge is 0.489 e. The summed E-state index contributed by atoms with van der Waals surface area (Å²) in [5, 5.41) is 9.31. The summed E-state index contributed by atoms with van der Waals surface area (Å²) in [5.74, 6) is -0.470. The van der Waals surface area contributed by atoms with Crippen molar-refractivity contribution < 1.29 is 23.8 Å². The molecule has 1 aromatic carbocycles. The fraction of sp³-hybridized carbons (Fsp3) is 0.412. The van der Waals surface area contributed by atoms with Crippen molar-refractivity contribution in [1.29, 1.82) is 0 Å². The van der Waals surface area contributed by atoms with Crippen molar-refractivity contribution in [2.24, 2.45) is 0 Å². The zero-order valence-corrected chi connectivity index (χ0v) is 13.2. The molecule has 2 aliphatic rings. The number of hydrogen-bond donors (Lipinski definition) is 1. The van der Waals surface area contributed by atoms with Crippen molar-refractivity contribution in [2.45, 2.75) is 24.9 Å². The second-order valence-corrected chi connectivity index (χ2v) is 6.04. The number of anilines is 1. The Morgan fingerprint density at radius 2 is 2.04 bits per heavy atom. The quantitative estimate of drug-likeness (QED) is 0.662. The van der Waals surface area contributed by atoms with E-state index in [4.69, 9.17) is 4.74 Å². The molecule has 2 heterocycles. The van der Waals surface area contributed by atoms with Crippen molar-refractivity contribution >= 4 is 18.1 Å². The minimum Gasteiger partial charge on any atom is -0.489 e. The first-order valence-corrected chi connectivity index (χ1v) is 7.83. The number of ether oxygens (including phenoxy) is 1. The number of carbonyl (C=O) groups is 2. The van der Waals surface area contributed by atoms with Gasteiger partial charge in [-0.2, -0.15) is 0 Å². The predicted octanol–water partition coefficient (Wildman–Crippen LogP) is 2.53. The fourth-order valence-electron chi connectivity index (χ4n) is 3.57. The lowest BCUT2D eigenvalue weighted by Crippen LogP contribution is -2.55. The molecule has 6 nitrogen and oxygen atoms in total. The van der Waals surface area contributed by atoms with E-state index in [0.717, 1.165) is 12.8 Å². The normalized spacial score (nSPS) is 22.4. The molecule has 1 aromatic rings. The van der Waals surface area contributed by atoms with Crippen molar-refractivity contribution in [1.82, 2.24) is 4.90 Å². The van der Waals surface area contributed by atoms with Crippen LogP contribution in [0.25, 0.3) is 0 Å². The highest BCUT2D eigenvalue weighted by Gasteiger charge is 2.42. The van der Waals surface area contributed by atoms with Crippen LogP contribution in [0.5, 0.6) is 5.75 Å². The molecule has 2 aliphatic heterocycles. The van der Waals surface area contributed by atoms with Gasteiger partial charge >= 0.3 is 6.09 Å². The summed E-state index contributed by atoms with van der Waals surface area (Å²) in [7, 11) is 0. The van der Waals surface area contributed by atoms with Gasteiger partial charge in [-0.05, 0) is 18.9 Å². The van der Waals surface area contributed by atoms with Crippen LogP contribution in [0.1, 0.15) is 23.2 Å². The second-order valence-electron chi connectivity index (χ2n) is 6.04. The van der Waals surface area contributed by atoms with Gasteiger partial charge in [0, 0.05) is 24.8 Å². The Balaban J connectivity index is 1.88. The van der Waals surface area contributed by atoms with Gasteiger partial charge in [0.25, 0.3) is 0 Å². The molecule has 0 aliphatic carbocycles. The van der Waals surface area contributed by atoms with E-state index in [2.05, 4.69) is 6.58 Å². The van der Waals surface area contributed by atoms with Gasteiger partial charge in [0.2, 0.25) is 0 Å². The Morgan fingerprint density at radius 3 is 2.58 bits per heavy atom. The molecule has 0 saturated carbocycles. The van der Waals surface area contributed by atoms with E-state index in [1.807, 2.05) is 4.90 Å². The van der Waals surface area contributed by atoms with Crippen molar-refractivity contribution in [3.05, 3.63) is 36.2 Å². The number of benzene rings is 1. The highest BCUT2D eigenvalue weighted by Crippen LogP contribution is 2.35. The number of amides is 1. The number of carbonyl (C=O) groups excluding carboxylic acids is 1. The smallest absolute Gasteiger partial charge is 0.407 e. The highest BCUT2D eigenvalue weighted by molar-refractivity contribution is 5.81. The first-order chi connectivity index (χ1) is 11.5. The number of halogens is 1. The molecule has 2 atom stereocenters. The Morgan fingerprint density at radius 1 is 1.38 bits per heavy atom. The van der Waals surface area contributed by atoms with Crippen LogP contribution in [-0.2, 0) is 0 Å². The van der Waals surface area contributed by atoms with Gasteiger partial charge in [-0.3, -0.25) is 9.69 Å². The average molecular weight is 334 g/mol. The van der Waals surface area contributed by atoms with Crippen LogP contribution >= 0.6 is 0 Å². The van der Waals surface area contributed by atoms with E-state index in [0.29, 0.717) is 25.1 Å². The van der Waals surface area contributed by atoms with E-state index in [-0.39, 0.29) is 30.0 Å². The van der Waals surface area contributed by atoms with Crippen LogP contribution in [0.3, 0.4) is 0 Å². The first-order valence-electron chi connectivity index (χ1n) is 7.83. The monoisotopic (exact) mass is 334 g/mol. The van der Waals surface area contributed by atoms with E-state index in [9.17, 15) is 19.1 Å². The molecule has 2 fully saturated rings. The molecule has 128 valence electrons. The number of hydrogen-bond acceptors (Lipinski definition) is 4. The van der Waals surface area contributed by atoms with Crippen LogP contribution in [0.2, 0.25) is 0 Å². The van der Waals surface area contributed by atoms with Gasteiger partial charge in [-0.25, -0.2) is 9.18 Å². The summed E-state index contributed by atoms with van der Waals surface area (Å²) >= 11 is 0. The molecule has 3 rings (SSSR count). The SMILES string of the molecule is C=CCOc1cc(N2CC3CCC(C2)N3C(=O)O)cc(F)c1C=O. The van der Waals surface area contributed by atoms with Crippen molar-refractivity contribution in [2.75, 3.05) is 24.6 Å². The standard InChI is InChI=1S/C17H19FN2O4/c1-2-5-24-16-7-13(6-15(18)14(16)10-21)19-8-11-3-4-12(9-19)20(11)17(22)23/h2,6-7,10-12H,1,3-5,8-9H2,(H,22,23). The molecule has 2 saturated heterocycles. The molecule has 0 spiro atoms. The van der Waals surface area contributed by atoms with Gasteiger partial charge < -0.3 is 14.7 Å². The minimum atomic E-state index is -0.903. The molecule has 24 heavy (non-hydrogen) atoms. The Kier molecular flexibility index (Phi) is 4.42. The second kappa shape index (κ2) is 6.51. The number of nitrogens with zero attached hydrogens (tertiary/aromatic N) is 2. The van der Waals surface area contributed by atoms with Gasteiger partial charge in [0.1, 0.15) is 18.2 Å². The number of rotatable bonds is 5. The number of fused-ring (bicyclic) bond motifs is 2.